The highest BCUT2D eigenvalue weighted by Gasteiger charge is 2.29. The van der Waals surface area contributed by atoms with E-state index in [-0.39, 0.29) is 12.1 Å². The molecule has 2 fully saturated rings. The Kier molecular flexibility index (Phi) is 7.32. The number of rotatable bonds is 7. The molecule has 2 aromatic rings. The fourth-order valence-corrected chi connectivity index (χ4v) is 4.57. The van der Waals surface area contributed by atoms with Crippen LogP contribution in [0.4, 0.5) is 5.69 Å². The van der Waals surface area contributed by atoms with Crippen LogP contribution in [-0.2, 0) is 9.59 Å². The molecular formula is C24H32N4O4. The summed E-state index contributed by atoms with van der Waals surface area (Å²) in [5, 5.41) is 5.66. The predicted molar refractivity (Wildman–Crippen MR) is 122 cm³/mol. The average molecular weight is 441 g/mol. The third kappa shape index (κ3) is 5.43. The quantitative estimate of drug-likeness (QED) is 0.643. The maximum Gasteiger partial charge on any atom is 0.309 e. The van der Waals surface area contributed by atoms with Crippen LogP contribution in [0.3, 0.4) is 0 Å². The second-order valence-electron chi connectivity index (χ2n) is 8.42. The standard InChI is InChI=1S/C24H32N4O4/c1-31-20-10-8-19(9-11-20)27-12-14-28(15-13-27)21(22-7-4-16-32-22)17-25-23(29)24(30)26-18-5-2-3-6-18/h4,7-11,16,18,21H,2-3,5-6,12-15,17H2,1H3,(H,25,29)(H,26,30)/t21-/m1/s1. The third-order valence-electron chi connectivity index (χ3n) is 6.42. The number of benzene rings is 1. The number of piperazine rings is 1. The van der Waals surface area contributed by atoms with Crippen LogP contribution < -0.4 is 20.3 Å². The molecule has 1 aliphatic heterocycles. The zero-order valence-electron chi connectivity index (χ0n) is 18.6. The molecule has 8 nitrogen and oxygen atoms in total. The maximum atomic E-state index is 12.4. The van der Waals surface area contributed by atoms with Crippen molar-refractivity contribution < 1.29 is 18.7 Å². The highest BCUT2D eigenvalue weighted by molar-refractivity contribution is 6.35. The highest BCUT2D eigenvalue weighted by Crippen LogP contribution is 2.25. The summed E-state index contributed by atoms with van der Waals surface area (Å²) in [6.45, 7) is 3.69. The van der Waals surface area contributed by atoms with Gasteiger partial charge in [0.1, 0.15) is 11.5 Å². The minimum Gasteiger partial charge on any atom is -0.497 e. The number of nitrogens with one attached hydrogen (secondary N) is 2. The first kappa shape index (κ1) is 22.2. The van der Waals surface area contributed by atoms with E-state index in [2.05, 4.69) is 32.6 Å². The van der Waals surface area contributed by atoms with Crippen molar-refractivity contribution >= 4 is 17.5 Å². The summed E-state index contributed by atoms with van der Waals surface area (Å²) in [7, 11) is 1.67. The van der Waals surface area contributed by atoms with Gasteiger partial charge in [0.2, 0.25) is 0 Å². The minimum atomic E-state index is -0.578. The van der Waals surface area contributed by atoms with Crippen molar-refractivity contribution in [3.8, 4) is 5.75 Å². The van der Waals surface area contributed by atoms with Crippen LogP contribution in [0.5, 0.6) is 5.75 Å². The first-order valence-corrected chi connectivity index (χ1v) is 11.4. The summed E-state index contributed by atoms with van der Waals surface area (Å²) in [5.74, 6) is 0.516. The molecule has 0 unspecified atom stereocenters. The zero-order valence-corrected chi connectivity index (χ0v) is 18.6. The average Bonchev–Trinajstić information content (AvgIpc) is 3.54. The van der Waals surface area contributed by atoms with Gasteiger partial charge in [-0.05, 0) is 49.2 Å². The van der Waals surface area contributed by atoms with Gasteiger partial charge in [0.05, 0.1) is 19.4 Å². The molecule has 2 N–H and O–H groups in total. The van der Waals surface area contributed by atoms with Gasteiger partial charge in [-0.15, -0.1) is 0 Å². The largest absolute Gasteiger partial charge is 0.497 e. The van der Waals surface area contributed by atoms with Crippen molar-refractivity contribution in [3.63, 3.8) is 0 Å². The van der Waals surface area contributed by atoms with E-state index in [0.29, 0.717) is 6.54 Å². The molecule has 0 bridgehead atoms. The first-order valence-electron chi connectivity index (χ1n) is 11.4. The Balaban J connectivity index is 1.33. The van der Waals surface area contributed by atoms with E-state index in [1.54, 1.807) is 13.4 Å². The van der Waals surface area contributed by atoms with E-state index < -0.39 is 11.8 Å². The molecule has 1 aromatic heterocycles. The third-order valence-corrected chi connectivity index (χ3v) is 6.42. The molecule has 2 aliphatic rings. The molecule has 1 aliphatic carbocycles. The summed E-state index contributed by atoms with van der Waals surface area (Å²) in [5.41, 5.74) is 1.16. The Morgan fingerprint density at radius 2 is 1.78 bits per heavy atom. The van der Waals surface area contributed by atoms with E-state index in [1.807, 2.05) is 24.3 Å². The maximum absolute atomic E-state index is 12.4. The Hall–Kier alpha value is -3.00. The molecule has 32 heavy (non-hydrogen) atoms. The van der Waals surface area contributed by atoms with Crippen molar-refractivity contribution in [3.05, 3.63) is 48.4 Å². The van der Waals surface area contributed by atoms with Crippen molar-refractivity contribution in [2.24, 2.45) is 0 Å². The molecular weight excluding hydrogens is 408 g/mol. The lowest BCUT2D eigenvalue weighted by molar-refractivity contribution is -0.139. The van der Waals surface area contributed by atoms with Crippen molar-refractivity contribution in [1.82, 2.24) is 15.5 Å². The molecule has 0 spiro atoms. The number of hydrogen-bond acceptors (Lipinski definition) is 6. The van der Waals surface area contributed by atoms with Crippen LogP contribution in [-0.4, -0.2) is 62.6 Å². The zero-order chi connectivity index (χ0) is 22.3. The second kappa shape index (κ2) is 10.5. The topological polar surface area (TPSA) is 87.0 Å². The molecule has 0 radical (unpaired) electrons. The Morgan fingerprint density at radius 3 is 2.41 bits per heavy atom. The number of furan rings is 1. The van der Waals surface area contributed by atoms with Gasteiger partial charge < -0.3 is 24.7 Å². The van der Waals surface area contributed by atoms with Crippen LogP contribution in [0.15, 0.2) is 47.1 Å². The first-order chi connectivity index (χ1) is 15.6. The number of amides is 2. The number of hydrogen-bond donors (Lipinski definition) is 2. The van der Waals surface area contributed by atoms with Gasteiger partial charge >= 0.3 is 11.8 Å². The fourth-order valence-electron chi connectivity index (χ4n) is 4.57. The number of carbonyl (C=O) groups excluding carboxylic acids is 2. The van der Waals surface area contributed by atoms with E-state index in [4.69, 9.17) is 9.15 Å². The SMILES string of the molecule is COc1ccc(N2CCN([C@H](CNC(=O)C(=O)NC3CCCC3)c3ccco3)CC2)cc1. The molecule has 2 amide bonds. The number of ether oxygens (including phenoxy) is 1. The monoisotopic (exact) mass is 440 g/mol. The normalized spacial score (nSPS) is 18.3. The van der Waals surface area contributed by atoms with Crippen LogP contribution in [0.1, 0.15) is 37.5 Å². The summed E-state index contributed by atoms with van der Waals surface area (Å²) < 4.78 is 10.9. The number of anilines is 1. The highest BCUT2D eigenvalue weighted by atomic mass is 16.5. The second-order valence-corrected chi connectivity index (χ2v) is 8.42. The summed E-state index contributed by atoms with van der Waals surface area (Å²) in [4.78, 5) is 29.3. The Morgan fingerprint density at radius 1 is 1.06 bits per heavy atom. The molecule has 2 heterocycles. The molecule has 1 saturated heterocycles. The number of carbonyl (C=O) groups is 2. The summed E-state index contributed by atoms with van der Waals surface area (Å²) >= 11 is 0. The minimum absolute atomic E-state index is 0.119. The van der Waals surface area contributed by atoms with Crippen molar-refractivity contribution in [2.45, 2.75) is 37.8 Å². The van der Waals surface area contributed by atoms with Crippen LogP contribution in [0, 0.1) is 0 Å². The molecule has 1 atom stereocenters. The van der Waals surface area contributed by atoms with Gasteiger partial charge in [-0.3, -0.25) is 14.5 Å². The van der Waals surface area contributed by atoms with Crippen LogP contribution in [0.25, 0.3) is 0 Å². The Labute approximate surface area is 188 Å². The van der Waals surface area contributed by atoms with Gasteiger partial charge in [0.25, 0.3) is 0 Å². The van der Waals surface area contributed by atoms with Crippen LogP contribution in [0.2, 0.25) is 0 Å². The van der Waals surface area contributed by atoms with Crippen LogP contribution >= 0.6 is 0 Å². The molecule has 172 valence electrons. The van der Waals surface area contributed by atoms with Gasteiger partial charge in [0, 0.05) is 44.5 Å². The lowest BCUT2D eigenvalue weighted by atomic mass is 10.1. The number of nitrogens with zero attached hydrogens (tertiary/aromatic N) is 2. The van der Waals surface area contributed by atoms with E-state index >= 15 is 0 Å². The lowest BCUT2D eigenvalue weighted by Gasteiger charge is -2.39. The fraction of sp³-hybridized carbons (Fsp3) is 0.500. The molecule has 8 heteroatoms. The van der Waals surface area contributed by atoms with Gasteiger partial charge in [-0.1, -0.05) is 12.8 Å². The van der Waals surface area contributed by atoms with Gasteiger partial charge in [-0.25, -0.2) is 0 Å². The van der Waals surface area contributed by atoms with Gasteiger partial charge in [0.15, 0.2) is 0 Å². The lowest BCUT2D eigenvalue weighted by Crippen LogP contribution is -2.51. The predicted octanol–water partition coefficient (Wildman–Crippen LogP) is 2.33. The molecule has 4 rings (SSSR count). The van der Waals surface area contributed by atoms with E-state index in [9.17, 15) is 9.59 Å². The van der Waals surface area contributed by atoms with E-state index in [1.165, 1.54) is 0 Å². The summed E-state index contributed by atoms with van der Waals surface area (Å²) in [6.07, 6.45) is 5.76. The number of methoxy groups -OCH3 is 1. The summed E-state index contributed by atoms with van der Waals surface area (Å²) in [6, 6.07) is 11.9. The van der Waals surface area contributed by atoms with Gasteiger partial charge in [-0.2, -0.15) is 0 Å². The molecule has 1 aromatic carbocycles. The van der Waals surface area contributed by atoms with E-state index in [0.717, 1.165) is 69.1 Å². The molecule has 1 saturated carbocycles. The van der Waals surface area contributed by atoms with Crippen molar-refractivity contribution in [2.75, 3.05) is 44.7 Å². The smallest absolute Gasteiger partial charge is 0.309 e. The van der Waals surface area contributed by atoms with Crippen molar-refractivity contribution in [1.29, 1.82) is 0 Å². The Bertz CT molecular complexity index is 870.